The fourth-order valence-electron chi connectivity index (χ4n) is 2.53. The first kappa shape index (κ1) is 18.1. The summed E-state index contributed by atoms with van der Waals surface area (Å²) in [5.41, 5.74) is 3.15. The maximum atomic E-state index is 13.2. The molecule has 3 heteroatoms. The Hall–Kier alpha value is -3.20. The van der Waals surface area contributed by atoms with E-state index in [-0.39, 0.29) is 5.56 Å². The first-order valence-electron chi connectivity index (χ1n) is 8.10. The van der Waals surface area contributed by atoms with Crippen LogP contribution in [0.5, 0.6) is 0 Å². The maximum absolute atomic E-state index is 13.2. The molecule has 0 aliphatic heterocycles. The van der Waals surface area contributed by atoms with Crippen molar-refractivity contribution in [1.29, 1.82) is 0 Å². The second-order valence-corrected chi connectivity index (χ2v) is 5.28. The molecule has 2 aromatic rings. The van der Waals surface area contributed by atoms with E-state index < -0.39 is 0 Å². The molecule has 2 rings (SSSR count). The quantitative estimate of drug-likeness (QED) is 0.700. The van der Waals surface area contributed by atoms with Crippen molar-refractivity contribution in [2.45, 2.75) is 13.8 Å². The molecule has 0 spiro atoms. The Bertz CT molecular complexity index is 969. The minimum Gasteiger partial charge on any atom is -0.268 e. The van der Waals surface area contributed by atoms with Gasteiger partial charge in [-0.2, -0.15) is 0 Å². The third kappa shape index (κ3) is 3.83. The summed E-state index contributed by atoms with van der Waals surface area (Å²) in [7, 11) is 0. The molecule has 2 heterocycles. The van der Waals surface area contributed by atoms with Crippen LogP contribution in [0.3, 0.4) is 0 Å². The molecule has 25 heavy (non-hydrogen) atoms. The molecule has 0 unspecified atom stereocenters. The number of allylic oxidation sites excluding steroid dienone is 10. The number of hydrogen-bond donors (Lipinski definition) is 0. The third-order valence-electron chi connectivity index (χ3n) is 3.63. The summed E-state index contributed by atoms with van der Waals surface area (Å²) < 4.78 is 1.55. The Balaban J connectivity index is 2.98. The predicted molar refractivity (Wildman–Crippen MR) is 107 cm³/mol. The highest BCUT2D eigenvalue weighted by Gasteiger charge is 2.16. The summed E-state index contributed by atoms with van der Waals surface area (Å²) >= 11 is 0. The van der Waals surface area contributed by atoms with E-state index in [1.807, 2.05) is 68.5 Å². The van der Waals surface area contributed by atoms with Gasteiger partial charge in [0.15, 0.2) is 0 Å². The molecule has 0 aliphatic carbocycles. The van der Waals surface area contributed by atoms with Crippen LogP contribution in [-0.4, -0.2) is 9.38 Å². The van der Waals surface area contributed by atoms with Crippen LogP contribution < -0.4 is 5.56 Å². The number of nitrogens with zero attached hydrogens (tertiary/aromatic N) is 2. The lowest BCUT2D eigenvalue weighted by molar-refractivity contribution is 1.02. The van der Waals surface area contributed by atoms with Crippen LogP contribution in [0.2, 0.25) is 0 Å². The molecule has 0 atom stereocenters. The van der Waals surface area contributed by atoms with Crippen LogP contribution in [0.15, 0.2) is 91.0 Å². The molecule has 0 amide bonds. The molecule has 0 aliphatic rings. The lowest BCUT2D eigenvalue weighted by Crippen LogP contribution is -2.21. The van der Waals surface area contributed by atoms with Gasteiger partial charge in [-0.15, -0.1) is 0 Å². The molecular formula is C22H22N2O. The summed E-state index contributed by atoms with van der Waals surface area (Å²) in [6.07, 6.45) is 16.4. The van der Waals surface area contributed by atoms with Gasteiger partial charge in [-0.25, -0.2) is 4.98 Å². The van der Waals surface area contributed by atoms with Crippen molar-refractivity contribution < 1.29 is 0 Å². The van der Waals surface area contributed by atoms with E-state index in [4.69, 9.17) is 4.98 Å². The largest absolute Gasteiger partial charge is 0.268 e. The normalized spacial score (nSPS) is 13.0. The Morgan fingerprint density at radius 3 is 2.56 bits per heavy atom. The minimum atomic E-state index is -0.125. The molecule has 0 radical (unpaired) electrons. The number of pyridine rings is 1. The van der Waals surface area contributed by atoms with Crippen molar-refractivity contribution in [3.8, 4) is 0 Å². The standard InChI is InChI=1S/C22H22N2O/c1-5-9-14-17(8-4)21-20(18(12-6-2)13-7-3)22(25)24-16-11-10-15-19(24)23-21/h5-16H,2,4H2,1,3H3/b9-5-,13-7-,17-14+,18-12+. The van der Waals surface area contributed by atoms with Gasteiger partial charge in [-0.1, -0.05) is 67.8 Å². The van der Waals surface area contributed by atoms with E-state index >= 15 is 0 Å². The summed E-state index contributed by atoms with van der Waals surface area (Å²) in [6, 6.07) is 5.49. The Morgan fingerprint density at radius 1 is 1.12 bits per heavy atom. The van der Waals surface area contributed by atoms with E-state index in [1.54, 1.807) is 22.7 Å². The molecule has 0 saturated carbocycles. The van der Waals surface area contributed by atoms with E-state index in [0.29, 0.717) is 16.9 Å². The average molecular weight is 330 g/mol. The number of fused-ring (bicyclic) bond motifs is 1. The van der Waals surface area contributed by atoms with Crippen LogP contribution in [0, 0.1) is 0 Å². The summed E-state index contributed by atoms with van der Waals surface area (Å²) in [5, 5.41) is 0. The van der Waals surface area contributed by atoms with Crippen LogP contribution in [0.4, 0.5) is 0 Å². The molecule has 3 nitrogen and oxygen atoms in total. The number of rotatable bonds is 6. The van der Waals surface area contributed by atoms with E-state index in [0.717, 1.165) is 11.1 Å². The fraction of sp³-hybridized carbons (Fsp3) is 0.0909. The maximum Gasteiger partial charge on any atom is 0.266 e. The van der Waals surface area contributed by atoms with Gasteiger partial charge in [0.25, 0.3) is 5.56 Å². The van der Waals surface area contributed by atoms with E-state index in [9.17, 15) is 4.79 Å². The van der Waals surface area contributed by atoms with Crippen molar-refractivity contribution in [2.75, 3.05) is 0 Å². The molecule has 0 N–H and O–H groups in total. The lowest BCUT2D eigenvalue weighted by Gasteiger charge is -2.12. The zero-order valence-corrected chi connectivity index (χ0v) is 14.6. The molecule has 0 saturated heterocycles. The topological polar surface area (TPSA) is 34.4 Å². The van der Waals surface area contributed by atoms with E-state index in [2.05, 4.69) is 13.2 Å². The van der Waals surface area contributed by atoms with Crippen molar-refractivity contribution in [1.82, 2.24) is 9.38 Å². The lowest BCUT2D eigenvalue weighted by atomic mass is 9.99. The summed E-state index contributed by atoms with van der Waals surface area (Å²) in [6.45, 7) is 11.5. The van der Waals surface area contributed by atoms with Crippen LogP contribution >= 0.6 is 0 Å². The van der Waals surface area contributed by atoms with Gasteiger partial charge < -0.3 is 0 Å². The van der Waals surface area contributed by atoms with Gasteiger partial charge in [-0.05, 0) is 31.6 Å². The average Bonchev–Trinajstić information content (AvgIpc) is 2.62. The predicted octanol–water partition coefficient (Wildman–Crippen LogP) is 4.99. The van der Waals surface area contributed by atoms with Gasteiger partial charge in [0.05, 0.1) is 11.3 Å². The highest BCUT2D eigenvalue weighted by molar-refractivity contribution is 5.86. The first-order valence-corrected chi connectivity index (χ1v) is 8.10. The van der Waals surface area contributed by atoms with Crippen LogP contribution in [0.25, 0.3) is 16.8 Å². The zero-order chi connectivity index (χ0) is 18.2. The Kier molecular flexibility index (Phi) is 6.24. The molecule has 0 aromatic carbocycles. The first-order chi connectivity index (χ1) is 12.2. The highest BCUT2D eigenvalue weighted by Crippen LogP contribution is 2.24. The summed E-state index contributed by atoms with van der Waals surface area (Å²) in [4.78, 5) is 17.9. The monoisotopic (exact) mass is 330 g/mol. The summed E-state index contributed by atoms with van der Waals surface area (Å²) in [5.74, 6) is 0. The van der Waals surface area contributed by atoms with Crippen LogP contribution in [0.1, 0.15) is 25.1 Å². The van der Waals surface area contributed by atoms with E-state index in [1.165, 1.54) is 0 Å². The van der Waals surface area contributed by atoms with Gasteiger partial charge in [-0.3, -0.25) is 9.20 Å². The molecule has 0 bridgehead atoms. The fourth-order valence-corrected chi connectivity index (χ4v) is 2.53. The Labute approximate surface area is 148 Å². The molecule has 126 valence electrons. The second kappa shape index (κ2) is 8.60. The minimum absolute atomic E-state index is 0.125. The smallest absolute Gasteiger partial charge is 0.266 e. The van der Waals surface area contributed by atoms with Crippen molar-refractivity contribution in [3.05, 3.63) is 108 Å². The molecule has 2 aromatic heterocycles. The second-order valence-electron chi connectivity index (χ2n) is 5.28. The van der Waals surface area contributed by atoms with Crippen molar-refractivity contribution in [3.63, 3.8) is 0 Å². The SMILES string of the molecule is C=C/C=C(\C=C/C)c1c(/C(C=C)=C/C=C\C)nc2ccccn2c1=O. The molecule has 0 fully saturated rings. The molecular weight excluding hydrogens is 308 g/mol. The van der Waals surface area contributed by atoms with Crippen molar-refractivity contribution >= 4 is 16.8 Å². The van der Waals surface area contributed by atoms with Gasteiger partial charge in [0, 0.05) is 11.8 Å². The zero-order valence-electron chi connectivity index (χ0n) is 14.6. The van der Waals surface area contributed by atoms with Crippen LogP contribution in [-0.2, 0) is 0 Å². The number of aromatic nitrogens is 2. The van der Waals surface area contributed by atoms with Gasteiger partial charge in [0.1, 0.15) is 5.65 Å². The van der Waals surface area contributed by atoms with Gasteiger partial charge in [0.2, 0.25) is 0 Å². The number of hydrogen-bond acceptors (Lipinski definition) is 2. The van der Waals surface area contributed by atoms with Crippen molar-refractivity contribution in [2.24, 2.45) is 0 Å². The Morgan fingerprint density at radius 2 is 1.92 bits per heavy atom. The highest BCUT2D eigenvalue weighted by atomic mass is 16.1. The van der Waals surface area contributed by atoms with Gasteiger partial charge >= 0.3 is 0 Å². The third-order valence-corrected chi connectivity index (χ3v) is 3.63.